The molecule has 29 heavy (non-hydrogen) atoms. The van der Waals surface area contributed by atoms with Gasteiger partial charge in [0.15, 0.2) is 5.43 Å². The van der Waals surface area contributed by atoms with E-state index in [-0.39, 0.29) is 34.2 Å². The molecule has 1 amide bonds. The number of methoxy groups -OCH3 is 1. The number of amides is 1. The Hall–Kier alpha value is -3.22. The molecule has 0 spiro atoms. The molecule has 0 aliphatic heterocycles. The highest BCUT2D eigenvalue weighted by atomic mass is 19.1. The maximum atomic E-state index is 13.7. The Morgan fingerprint density at radius 1 is 1.21 bits per heavy atom. The Kier molecular flexibility index (Phi) is 5.05. The number of aromatic nitrogens is 2. The molecule has 1 fully saturated rings. The van der Waals surface area contributed by atoms with Crippen molar-refractivity contribution in [1.82, 2.24) is 9.97 Å². The number of carbonyl (C=O) groups excluding carboxylic acids is 1. The standard InChI is InChI=1S/C22H22FN3O3/c1-29-19-10-12(23)6-7-15(19)13-4-2-3-5-14(13)17-11-18(27)20-16(26-17)8-9-25-21(20)22(24)28/h6-11,13-14H,2-5H2,1H3,(H2,24,28)(H,26,27)/t13?,14-/m0/s1. The molecule has 0 radical (unpaired) electrons. The van der Waals surface area contributed by atoms with E-state index in [1.54, 1.807) is 12.1 Å². The Bertz CT molecular complexity index is 1140. The number of aromatic amines is 1. The summed E-state index contributed by atoms with van der Waals surface area (Å²) in [4.78, 5) is 31.8. The molecular formula is C22H22FN3O3. The van der Waals surface area contributed by atoms with E-state index in [0.29, 0.717) is 11.3 Å². The molecule has 2 heterocycles. The molecular weight excluding hydrogens is 373 g/mol. The van der Waals surface area contributed by atoms with E-state index in [2.05, 4.69) is 9.97 Å². The van der Waals surface area contributed by atoms with Crippen molar-refractivity contribution in [3.63, 3.8) is 0 Å². The van der Waals surface area contributed by atoms with E-state index >= 15 is 0 Å². The lowest BCUT2D eigenvalue weighted by atomic mass is 9.73. The minimum atomic E-state index is -0.736. The van der Waals surface area contributed by atoms with Gasteiger partial charge >= 0.3 is 0 Å². The summed E-state index contributed by atoms with van der Waals surface area (Å²) in [5.41, 5.74) is 7.32. The first kappa shape index (κ1) is 19.1. The number of fused-ring (bicyclic) bond motifs is 1. The van der Waals surface area contributed by atoms with Crippen LogP contribution in [0.1, 0.15) is 59.3 Å². The number of pyridine rings is 2. The molecule has 150 valence electrons. The summed E-state index contributed by atoms with van der Waals surface area (Å²) in [7, 11) is 1.53. The third-order valence-corrected chi connectivity index (χ3v) is 5.76. The van der Waals surface area contributed by atoms with Gasteiger partial charge in [-0.1, -0.05) is 18.9 Å². The second kappa shape index (κ2) is 7.66. The fourth-order valence-electron chi connectivity index (χ4n) is 4.47. The first-order chi connectivity index (χ1) is 14.0. The number of nitrogens with zero attached hydrogens (tertiary/aromatic N) is 1. The number of halogens is 1. The predicted octanol–water partition coefficient (Wildman–Crippen LogP) is 3.61. The maximum Gasteiger partial charge on any atom is 0.268 e. The van der Waals surface area contributed by atoms with Gasteiger partial charge in [0.2, 0.25) is 0 Å². The molecule has 1 unspecified atom stereocenters. The van der Waals surface area contributed by atoms with Crippen LogP contribution in [0.5, 0.6) is 5.75 Å². The zero-order valence-corrected chi connectivity index (χ0v) is 16.1. The van der Waals surface area contributed by atoms with Gasteiger partial charge in [-0.25, -0.2) is 4.39 Å². The lowest BCUT2D eigenvalue weighted by Crippen LogP contribution is -2.22. The summed E-state index contributed by atoms with van der Waals surface area (Å²) in [6.07, 6.45) is 5.35. The second-order valence-corrected chi connectivity index (χ2v) is 7.42. The topological polar surface area (TPSA) is 98.1 Å². The van der Waals surface area contributed by atoms with Gasteiger partial charge in [-0.3, -0.25) is 14.6 Å². The first-order valence-electron chi connectivity index (χ1n) is 9.64. The summed E-state index contributed by atoms with van der Waals surface area (Å²) in [6, 6.07) is 7.82. The SMILES string of the molecule is COc1cc(F)ccc1C1CCCC[C@@H]1c1cc(=O)c2c(C(N)=O)nccc2[nH]1. The van der Waals surface area contributed by atoms with Gasteiger partial charge in [0, 0.05) is 29.9 Å². The van der Waals surface area contributed by atoms with Crippen LogP contribution in [0.25, 0.3) is 10.9 Å². The minimum absolute atomic E-state index is 0.0318. The maximum absolute atomic E-state index is 13.7. The largest absolute Gasteiger partial charge is 0.496 e. The normalized spacial score (nSPS) is 19.2. The number of carbonyl (C=O) groups is 1. The number of ether oxygens (including phenoxy) is 1. The zero-order chi connectivity index (χ0) is 20.5. The van der Waals surface area contributed by atoms with E-state index in [1.807, 2.05) is 0 Å². The second-order valence-electron chi connectivity index (χ2n) is 7.42. The lowest BCUT2D eigenvalue weighted by Gasteiger charge is -2.33. The van der Waals surface area contributed by atoms with E-state index in [0.717, 1.165) is 36.9 Å². The van der Waals surface area contributed by atoms with Crippen molar-refractivity contribution in [2.75, 3.05) is 7.11 Å². The van der Waals surface area contributed by atoms with Crippen LogP contribution in [0.15, 0.2) is 41.3 Å². The van der Waals surface area contributed by atoms with Crippen LogP contribution in [-0.4, -0.2) is 23.0 Å². The van der Waals surface area contributed by atoms with Crippen LogP contribution in [0.3, 0.4) is 0 Å². The van der Waals surface area contributed by atoms with Crippen LogP contribution < -0.4 is 15.9 Å². The van der Waals surface area contributed by atoms with Gasteiger partial charge in [-0.2, -0.15) is 0 Å². The van der Waals surface area contributed by atoms with Crippen molar-refractivity contribution in [3.05, 3.63) is 69.5 Å². The molecule has 2 aromatic heterocycles. The highest BCUT2D eigenvalue weighted by molar-refractivity contribution is 6.03. The quantitative estimate of drug-likeness (QED) is 0.705. The van der Waals surface area contributed by atoms with Crippen molar-refractivity contribution in [2.24, 2.45) is 5.73 Å². The zero-order valence-electron chi connectivity index (χ0n) is 16.1. The van der Waals surface area contributed by atoms with Gasteiger partial charge in [0.05, 0.1) is 18.0 Å². The van der Waals surface area contributed by atoms with Crippen molar-refractivity contribution in [2.45, 2.75) is 37.5 Å². The van der Waals surface area contributed by atoms with Crippen LogP contribution in [0.2, 0.25) is 0 Å². The number of hydrogen-bond acceptors (Lipinski definition) is 4. The highest BCUT2D eigenvalue weighted by Crippen LogP contribution is 2.46. The molecule has 6 nitrogen and oxygen atoms in total. The molecule has 7 heteroatoms. The molecule has 1 aliphatic carbocycles. The Morgan fingerprint density at radius 3 is 2.69 bits per heavy atom. The number of hydrogen-bond donors (Lipinski definition) is 2. The molecule has 1 aromatic carbocycles. The third-order valence-electron chi connectivity index (χ3n) is 5.76. The summed E-state index contributed by atoms with van der Waals surface area (Å²) in [5.74, 6) is -0.426. The Labute approximate surface area is 166 Å². The highest BCUT2D eigenvalue weighted by Gasteiger charge is 2.31. The van der Waals surface area contributed by atoms with Gasteiger partial charge < -0.3 is 15.5 Å². The summed E-state index contributed by atoms with van der Waals surface area (Å²) >= 11 is 0. The fraction of sp³-hybridized carbons (Fsp3) is 0.318. The van der Waals surface area contributed by atoms with Gasteiger partial charge in [-0.05, 0) is 36.5 Å². The summed E-state index contributed by atoms with van der Waals surface area (Å²) in [6.45, 7) is 0. The van der Waals surface area contributed by atoms with Crippen LogP contribution in [-0.2, 0) is 0 Å². The summed E-state index contributed by atoms with van der Waals surface area (Å²) < 4.78 is 19.1. The molecule has 0 bridgehead atoms. The van der Waals surface area contributed by atoms with Crippen molar-refractivity contribution in [1.29, 1.82) is 0 Å². The van der Waals surface area contributed by atoms with Gasteiger partial charge in [0.1, 0.15) is 17.3 Å². The van der Waals surface area contributed by atoms with Crippen molar-refractivity contribution >= 4 is 16.8 Å². The number of rotatable bonds is 4. The van der Waals surface area contributed by atoms with Crippen molar-refractivity contribution < 1.29 is 13.9 Å². The molecule has 4 rings (SSSR count). The average molecular weight is 395 g/mol. The number of H-pyrrole nitrogens is 1. The molecule has 3 N–H and O–H groups in total. The number of nitrogens with one attached hydrogen (secondary N) is 1. The van der Waals surface area contributed by atoms with Crippen LogP contribution >= 0.6 is 0 Å². The molecule has 2 atom stereocenters. The molecule has 0 saturated heterocycles. The van der Waals surface area contributed by atoms with E-state index in [4.69, 9.17) is 10.5 Å². The van der Waals surface area contributed by atoms with Crippen LogP contribution in [0, 0.1) is 5.82 Å². The predicted molar refractivity (Wildman–Crippen MR) is 108 cm³/mol. The van der Waals surface area contributed by atoms with E-state index in [1.165, 1.54) is 31.5 Å². The molecule has 1 aliphatic rings. The van der Waals surface area contributed by atoms with Gasteiger partial charge in [0.25, 0.3) is 5.91 Å². The lowest BCUT2D eigenvalue weighted by molar-refractivity contribution is 0.0997. The Balaban J connectivity index is 1.83. The van der Waals surface area contributed by atoms with Crippen LogP contribution in [0.4, 0.5) is 4.39 Å². The number of nitrogens with two attached hydrogens (primary N) is 1. The monoisotopic (exact) mass is 395 g/mol. The molecule has 3 aromatic rings. The first-order valence-corrected chi connectivity index (χ1v) is 9.64. The van der Waals surface area contributed by atoms with Gasteiger partial charge in [-0.15, -0.1) is 0 Å². The number of primary amides is 1. The number of benzene rings is 1. The fourth-order valence-corrected chi connectivity index (χ4v) is 4.47. The van der Waals surface area contributed by atoms with E-state index < -0.39 is 5.91 Å². The van der Waals surface area contributed by atoms with Crippen molar-refractivity contribution in [3.8, 4) is 5.75 Å². The summed E-state index contributed by atoms with van der Waals surface area (Å²) in [5, 5.41) is 0.204. The van der Waals surface area contributed by atoms with E-state index in [9.17, 15) is 14.0 Å². The smallest absolute Gasteiger partial charge is 0.268 e. The molecule has 1 saturated carbocycles. The average Bonchev–Trinajstić information content (AvgIpc) is 2.73. The third kappa shape index (κ3) is 3.48. The Morgan fingerprint density at radius 2 is 1.97 bits per heavy atom. The minimum Gasteiger partial charge on any atom is -0.496 e.